The number of nitrogens with zero attached hydrogens (tertiary/aromatic N) is 2. The first kappa shape index (κ1) is 20.3. The summed E-state index contributed by atoms with van der Waals surface area (Å²) in [6.07, 6.45) is 7.83. The number of nitrogens with one attached hydrogen (secondary N) is 1. The van der Waals surface area contributed by atoms with Gasteiger partial charge in [-0.3, -0.25) is 4.79 Å². The van der Waals surface area contributed by atoms with Crippen LogP contribution in [-0.2, 0) is 0 Å². The Hall–Kier alpha value is -3.34. The minimum Gasteiger partial charge on any atom is -0.424 e. The Labute approximate surface area is 194 Å². The molecule has 3 aromatic rings. The van der Waals surface area contributed by atoms with Crippen LogP contribution in [-0.4, -0.2) is 34.9 Å². The fourth-order valence-electron chi connectivity index (χ4n) is 5.49. The maximum Gasteiger partial charge on any atom is 0.295 e. The smallest absolute Gasteiger partial charge is 0.295 e. The van der Waals surface area contributed by atoms with Gasteiger partial charge in [0.2, 0.25) is 0 Å². The summed E-state index contributed by atoms with van der Waals surface area (Å²) in [5, 5.41) is 3.37. The van der Waals surface area contributed by atoms with Gasteiger partial charge in [-0.2, -0.15) is 4.98 Å². The lowest BCUT2D eigenvalue weighted by molar-refractivity contribution is 0.0714. The van der Waals surface area contributed by atoms with Gasteiger partial charge in [0.25, 0.3) is 11.9 Å². The summed E-state index contributed by atoms with van der Waals surface area (Å²) in [4.78, 5) is 20.5. The van der Waals surface area contributed by atoms with Crippen LogP contribution in [0.1, 0.15) is 47.7 Å². The third-order valence-corrected chi connectivity index (χ3v) is 7.34. The van der Waals surface area contributed by atoms with Crippen molar-refractivity contribution in [2.24, 2.45) is 11.8 Å². The second-order valence-electron chi connectivity index (χ2n) is 9.79. The number of para-hydroxylation sites is 2. The van der Waals surface area contributed by atoms with Gasteiger partial charge in [0.05, 0.1) is 6.04 Å². The molecule has 33 heavy (non-hydrogen) atoms. The van der Waals surface area contributed by atoms with Crippen LogP contribution in [0.2, 0.25) is 0 Å². The van der Waals surface area contributed by atoms with Crippen LogP contribution in [0.4, 0.5) is 6.01 Å². The lowest BCUT2D eigenvalue weighted by Crippen LogP contribution is -2.42. The van der Waals surface area contributed by atoms with Crippen LogP contribution in [0.3, 0.4) is 0 Å². The van der Waals surface area contributed by atoms with Crippen LogP contribution in [0.25, 0.3) is 16.7 Å². The molecular weight excluding hydrogens is 410 g/mol. The number of carbonyl (C=O) groups excluding carboxylic acids is 1. The Morgan fingerprint density at radius 2 is 2.09 bits per heavy atom. The number of benzene rings is 2. The maximum atomic E-state index is 13.9. The van der Waals surface area contributed by atoms with Gasteiger partial charge in [0.15, 0.2) is 5.58 Å². The zero-order valence-electron chi connectivity index (χ0n) is 19.2. The van der Waals surface area contributed by atoms with E-state index in [4.69, 9.17) is 4.42 Å². The molecule has 1 N–H and O–H groups in total. The number of hydrogen-bond donors (Lipinski definition) is 1. The Kier molecular flexibility index (Phi) is 4.86. The van der Waals surface area contributed by atoms with Gasteiger partial charge in [-0.25, -0.2) is 0 Å². The van der Waals surface area contributed by atoms with E-state index in [0.717, 1.165) is 47.2 Å². The molecule has 0 radical (unpaired) electrons. The number of amides is 1. The molecule has 5 nitrogen and oxygen atoms in total. The summed E-state index contributed by atoms with van der Waals surface area (Å²) in [6.45, 7) is 5.72. The molecule has 1 aliphatic heterocycles. The summed E-state index contributed by atoms with van der Waals surface area (Å²) in [5.41, 5.74) is 7.15. The Bertz CT molecular complexity index is 1270. The third-order valence-electron chi connectivity index (χ3n) is 7.34. The van der Waals surface area contributed by atoms with Gasteiger partial charge in [0, 0.05) is 18.7 Å². The van der Waals surface area contributed by atoms with Crippen LogP contribution in [0.15, 0.2) is 64.6 Å². The molecule has 2 heterocycles. The van der Waals surface area contributed by atoms with E-state index in [1.165, 1.54) is 17.6 Å². The van der Waals surface area contributed by atoms with Crippen LogP contribution < -0.4 is 5.32 Å². The number of carbonyl (C=O) groups is 1. The molecular formula is C28H29N3O2. The minimum absolute atomic E-state index is 0.141. The largest absolute Gasteiger partial charge is 0.424 e. The lowest BCUT2D eigenvalue weighted by Gasteiger charge is -2.29. The number of rotatable bonds is 5. The molecule has 3 aliphatic rings. The van der Waals surface area contributed by atoms with Crippen LogP contribution >= 0.6 is 0 Å². The van der Waals surface area contributed by atoms with Crippen LogP contribution in [0, 0.1) is 18.8 Å². The summed E-state index contributed by atoms with van der Waals surface area (Å²) < 4.78 is 5.84. The molecule has 3 atom stereocenters. The van der Waals surface area contributed by atoms with Gasteiger partial charge in [-0.05, 0) is 74.3 Å². The predicted octanol–water partition coefficient (Wildman–Crippen LogP) is 5.83. The van der Waals surface area contributed by atoms with E-state index < -0.39 is 0 Å². The Morgan fingerprint density at radius 3 is 2.94 bits per heavy atom. The molecule has 5 heteroatoms. The minimum atomic E-state index is 0.141. The second kappa shape index (κ2) is 7.91. The van der Waals surface area contributed by atoms with Crippen molar-refractivity contribution in [1.82, 2.24) is 9.88 Å². The molecule has 1 saturated heterocycles. The normalized spacial score (nSPS) is 23.8. The fourth-order valence-corrected chi connectivity index (χ4v) is 5.49. The van der Waals surface area contributed by atoms with Crippen molar-refractivity contribution in [3.8, 4) is 0 Å². The topological polar surface area (TPSA) is 58.4 Å². The predicted molar refractivity (Wildman–Crippen MR) is 131 cm³/mol. The first-order valence-corrected chi connectivity index (χ1v) is 12.0. The maximum absolute atomic E-state index is 13.9. The standard InChI is InChI=1S/C28H29N3O2/c1-17-6-5-7-19(12-17)21-11-10-18(2)13-23(21)27(32)31-16-20-14-22(20)25(31)15-29-28-30-24-8-3-4-9-26(24)33-28/h3-4,7-13,20,22,25H,5-6,14-16H2,1-2H3,(H,29,30)/t20-,22-,25-/m1/s1. The monoisotopic (exact) mass is 439 g/mol. The third kappa shape index (κ3) is 3.75. The van der Waals surface area contributed by atoms with E-state index in [1.807, 2.05) is 24.3 Å². The van der Waals surface area contributed by atoms with Crippen molar-refractivity contribution in [3.63, 3.8) is 0 Å². The number of aromatic nitrogens is 1. The van der Waals surface area contributed by atoms with Gasteiger partial charge in [-0.1, -0.05) is 47.6 Å². The fraction of sp³-hybridized carbons (Fsp3) is 0.357. The van der Waals surface area contributed by atoms with E-state index in [9.17, 15) is 4.79 Å². The number of hydrogen-bond acceptors (Lipinski definition) is 4. The molecule has 168 valence electrons. The average molecular weight is 440 g/mol. The van der Waals surface area contributed by atoms with E-state index in [-0.39, 0.29) is 11.9 Å². The molecule has 0 unspecified atom stereocenters. The number of aryl methyl sites for hydroxylation is 1. The van der Waals surface area contributed by atoms with E-state index >= 15 is 0 Å². The number of fused-ring (bicyclic) bond motifs is 2. The van der Waals surface area contributed by atoms with Crippen molar-refractivity contribution >= 4 is 28.6 Å². The highest BCUT2D eigenvalue weighted by molar-refractivity contribution is 6.01. The summed E-state index contributed by atoms with van der Waals surface area (Å²) in [5.74, 6) is 1.33. The first-order chi connectivity index (χ1) is 16.1. The number of allylic oxidation sites excluding steroid dienone is 4. The highest BCUT2D eigenvalue weighted by Crippen LogP contribution is 2.50. The summed E-state index contributed by atoms with van der Waals surface area (Å²) >= 11 is 0. The molecule has 0 spiro atoms. The molecule has 1 amide bonds. The van der Waals surface area contributed by atoms with Crippen LogP contribution in [0.5, 0.6) is 0 Å². The van der Waals surface area contributed by atoms with Gasteiger partial charge >= 0.3 is 0 Å². The van der Waals surface area contributed by atoms with Crippen molar-refractivity contribution in [1.29, 1.82) is 0 Å². The molecule has 0 bridgehead atoms. The molecule has 1 aromatic heterocycles. The van der Waals surface area contributed by atoms with Gasteiger partial charge < -0.3 is 14.6 Å². The quantitative estimate of drug-likeness (QED) is 0.543. The SMILES string of the molecule is CC1=CC(c2ccc(C)cc2C(=O)N2C[C@H]3C[C@H]3[C@H]2CNc2nc3ccccc3o2)=CCC1. The molecule has 2 aliphatic carbocycles. The summed E-state index contributed by atoms with van der Waals surface area (Å²) in [6, 6.07) is 14.7. The highest BCUT2D eigenvalue weighted by atomic mass is 16.4. The van der Waals surface area contributed by atoms with Crippen molar-refractivity contribution in [2.45, 2.75) is 39.2 Å². The number of likely N-dealkylation sites (tertiary alicyclic amines) is 1. The van der Waals surface area contributed by atoms with Crippen molar-refractivity contribution < 1.29 is 9.21 Å². The molecule has 2 fully saturated rings. The zero-order chi connectivity index (χ0) is 22.5. The van der Waals surface area contributed by atoms with E-state index in [0.29, 0.717) is 24.4 Å². The number of anilines is 1. The van der Waals surface area contributed by atoms with Crippen molar-refractivity contribution in [3.05, 3.63) is 76.9 Å². The first-order valence-electron chi connectivity index (χ1n) is 12.0. The second-order valence-corrected chi connectivity index (χ2v) is 9.79. The highest BCUT2D eigenvalue weighted by Gasteiger charge is 2.54. The summed E-state index contributed by atoms with van der Waals surface area (Å²) in [7, 11) is 0. The number of oxazole rings is 1. The molecule has 1 saturated carbocycles. The zero-order valence-corrected chi connectivity index (χ0v) is 19.2. The van der Waals surface area contributed by atoms with Gasteiger partial charge in [0.1, 0.15) is 5.52 Å². The Balaban J connectivity index is 1.26. The van der Waals surface area contributed by atoms with Crippen molar-refractivity contribution in [2.75, 3.05) is 18.4 Å². The Morgan fingerprint density at radius 1 is 1.21 bits per heavy atom. The van der Waals surface area contributed by atoms with Gasteiger partial charge in [-0.15, -0.1) is 0 Å². The molecule has 6 rings (SSSR count). The van der Waals surface area contributed by atoms with E-state index in [1.54, 1.807) is 0 Å². The lowest BCUT2D eigenvalue weighted by atomic mass is 9.91. The molecule has 2 aromatic carbocycles. The van der Waals surface area contributed by atoms with E-state index in [2.05, 4.69) is 59.4 Å². The number of piperidine rings is 1. The average Bonchev–Trinajstić information content (AvgIpc) is 3.30.